The highest BCUT2D eigenvalue weighted by molar-refractivity contribution is 7.98. The van der Waals surface area contributed by atoms with E-state index in [4.69, 9.17) is 16.3 Å². The third-order valence-corrected chi connectivity index (χ3v) is 5.16. The summed E-state index contributed by atoms with van der Waals surface area (Å²) in [5.41, 5.74) is 0.927. The summed E-state index contributed by atoms with van der Waals surface area (Å²) in [5.74, 6) is -2.25. The number of halogens is 1. The number of nitrogens with zero attached hydrogens (tertiary/aromatic N) is 2. The van der Waals surface area contributed by atoms with Crippen LogP contribution in [0.1, 0.15) is 27.0 Å². The molecule has 24 heavy (non-hydrogen) atoms. The van der Waals surface area contributed by atoms with E-state index in [9.17, 15) is 14.9 Å². The molecule has 0 aliphatic heterocycles. The summed E-state index contributed by atoms with van der Waals surface area (Å²) in [7, 11) is 0. The number of thioether (sulfide) groups is 1. The number of aryl methyl sites for hydroxylation is 1. The zero-order valence-corrected chi connectivity index (χ0v) is 15.3. The van der Waals surface area contributed by atoms with Gasteiger partial charge in [-0.15, -0.1) is 23.1 Å². The fourth-order valence-corrected chi connectivity index (χ4v) is 3.35. The minimum atomic E-state index is -1.04. The van der Waals surface area contributed by atoms with E-state index in [-0.39, 0.29) is 10.6 Å². The van der Waals surface area contributed by atoms with Gasteiger partial charge in [-0.05, 0) is 31.4 Å². The maximum atomic E-state index is 12.2. The minimum absolute atomic E-state index is 0.190. The van der Waals surface area contributed by atoms with Crippen molar-refractivity contribution in [2.75, 3.05) is 12.9 Å². The van der Waals surface area contributed by atoms with Gasteiger partial charge in [-0.2, -0.15) is 5.26 Å². The Labute approximate surface area is 152 Å². The van der Waals surface area contributed by atoms with Crippen LogP contribution in [0.4, 0.5) is 0 Å². The van der Waals surface area contributed by atoms with Crippen molar-refractivity contribution in [1.82, 2.24) is 4.98 Å². The number of thiazole rings is 1. The van der Waals surface area contributed by atoms with Crippen LogP contribution in [-0.2, 0) is 9.53 Å². The molecule has 1 aromatic carbocycles. The normalized spacial score (nSPS) is 11.6. The number of ketones is 1. The van der Waals surface area contributed by atoms with Crippen LogP contribution in [0.5, 0.6) is 0 Å². The molecule has 2 aromatic rings. The number of nitriles is 1. The Morgan fingerprint density at radius 1 is 1.50 bits per heavy atom. The van der Waals surface area contributed by atoms with Crippen LogP contribution in [0.25, 0.3) is 0 Å². The van der Waals surface area contributed by atoms with Gasteiger partial charge < -0.3 is 4.74 Å². The van der Waals surface area contributed by atoms with Crippen LogP contribution in [0.3, 0.4) is 0 Å². The Morgan fingerprint density at radius 3 is 2.83 bits per heavy atom. The smallest absolute Gasteiger partial charge is 0.340 e. The highest BCUT2D eigenvalue weighted by Crippen LogP contribution is 2.24. The Balaban J connectivity index is 2.05. The van der Waals surface area contributed by atoms with Gasteiger partial charge in [0.15, 0.2) is 18.3 Å². The number of hydrogen-bond acceptors (Lipinski definition) is 7. The van der Waals surface area contributed by atoms with Gasteiger partial charge in [-0.25, -0.2) is 9.78 Å². The quantitative estimate of drug-likeness (QED) is 0.559. The summed E-state index contributed by atoms with van der Waals surface area (Å²) in [4.78, 5) is 29.3. The summed E-state index contributed by atoms with van der Waals surface area (Å²) in [6.45, 7) is 1.27. The van der Waals surface area contributed by atoms with Gasteiger partial charge in [-0.3, -0.25) is 4.79 Å². The molecular weight excluding hydrogens is 368 g/mol. The first-order chi connectivity index (χ1) is 11.5. The summed E-state index contributed by atoms with van der Waals surface area (Å²) in [6, 6.07) is 6.89. The maximum Gasteiger partial charge on any atom is 0.340 e. The van der Waals surface area contributed by atoms with Gasteiger partial charge in [0.25, 0.3) is 0 Å². The summed E-state index contributed by atoms with van der Waals surface area (Å²) >= 11 is 8.68. The van der Waals surface area contributed by atoms with Crippen LogP contribution >= 0.6 is 34.7 Å². The zero-order chi connectivity index (χ0) is 17.7. The number of rotatable bonds is 6. The molecule has 0 bridgehead atoms. The second-order valence-electron chi connectivity index (χ2n) is 4.78. The molecule has 8 heteroatoms. The highest BCUT2D eigenvalue weighted by atomic mass is 35.5. The number of aromatic nitrogens is 1. The van der Waals surface area contributed by atoms with Crippen LogP contribution in [0, 0.1) is 18.3 Å². The molecule has 0 saturated heterocycles. The van der Waals surface area contributed by atoms with Crippen molar-refractivity contribution in [1.29, 1.82) is 5.26 Å². The molecule has 0 fully saturated rings. The molecule has 1 aromatic heterocycles. The van der Waals surface area contributed by atoms with E-state index < -0.39 is 24.3 Å². The summed E-state index contributed by atoms with van der Waals surface area (Å²) in [5, 5.41) is 11.6. The van der Waals surface area contributed by atoms with Crippen molar-refractivity contribution in [3.05, 3.63) is 44.9 Å². The highest BCUT2D eigenvalue weighted by Gasteiger charge is 2.25. The van der Waals surface area contributed by atoms with Gasteiger partial charge >= 0.3 is 5.97 Å². The lowest BCUT2D eigenvalue weighted by atomic mass is 10.1. The molecule has 1 atom stereocenters. The third kappa shape index (κ3) is 4.35. The van der Waals surface area contributed by atoms with Gasteiger partial charge in [0.2, 0.25) is 0 Å². The lowest BCUT2D eigenvalue weighted by molar-refractivity contribution is -0.122. The van der Waals surface area contributed by atoms with Crippen LogP contribution in [0.15, 0.2) is 28.5 Å². The molecular formula is C16H13ClN2O3S2. The van der Waals surface area contributed by atoms with Crippen molar-refractivity contribution >= 4 is 46.5 Å². The average Bonchev–Trinajstić information content (AvgIpc) is 3.00. The number of esters is 1. The average molecular weight is 381 g/mol. The SMILES string of the molecule is CSc1ccc(Cl)c(C(=O)OCC(=O)[C@H](C#N)c2nc(C)cs2)c1. The largest absolute Gasteiger partial charge is 0.454 e. The maximum absolute atomic E-state index is 12.2. The predicted octanol–water partition coefficient (Wildman–Crippen LogP) is 3.86. The van der Waals surface area contributed by atoms with Crippen molar-refractivity contribution in [2.45, 2.75) is 17.7 Å². The zero-order valence-electron chi connectivity index (χ0n) is 12.9. The molecule has 0 aliphatic rings. The van der Waals surface area contributed by atoms with E-state index >= 15 is 0 Å². The molecule has 124 valence electrons. The Hall–Kier alpha value is -1.88. The van der Waals surface area contributed by atoms with Gasteiger partial charge in [-0.1, -0.05) is 11.6 Å². The lowest BCUT2D eigenvalue weighted by Crippen LogP contribution is -2.20. The van der Waals surface area contributed by atoms with E-state index in [1.54, 1.807) is 30.5 Å². The summed E-state index contributed by atoms with van der Waals surface area (Å²) < 4.78 is 5.02. The Morgan fingerprint density at radius 2 is 2.25 bits per heavy atom. The van der Waals surface area contributed by atoms with Crippen molar-refractivity contribution < 1.29 is 14.3 Å². The molecule has 5 nitrogen and oxygen atoms in total. The number of ether oxygens (including phenoxy) is 1. The van der Waals surface area contributed by atoms with Crippen molar-refractivity contribution in [3.8, 4) is 6.07 Å². The molecule has 0 radical (unpaired) electrons. The number of hydrogen-bond donors (Lipinski definition) is 0. The van der Waals surface area contributed by atoms with E-state index in [0.717, 1.165) is 10.6 Å². The molecule has 1 heterocycles. The number of carbonyl (C=O) groups excluding carboxylic acids is 2. The second kappa shape index (κ2) is 8.29. The fraction of sp³-hybridized carbons (Fsp3) is 0.250. The van der Waals surface area contributed by atoms with E-state index in [1.807, 2.05) is 12.3 Å². The summed E-state index contributed by atoms with van der Waals surface area (Å²) in [6.07, 6.45) is 1.87. The molecule has 0 spiro atoms. The van der Waals surface area contributed by atoms with E-state index in [1.165, 1.54) is 23.1 Å². The first kappa shape index (κ1) is 18.5. The first-order valence-electron chi connectivity index (χ1n) is 6.81. The monoisotopic (exact) mass is 380 g/mol. The van der Waals surface area contributed by atoms with Gasteiger partial charge in [0.1, 0.15) is 5.01 Å². The van der Waals surface area contributed by atoms with Crippen LogP contribution in [0.2, 0.25) is 5.02 Å². The topological polar surface area (TPSA) is 80.0 Å². The molecule has 0 unspecified atom stereocenters. The number of benzene rings is 1. The van der Waals surface area contributed by atoms with Gasteiger partial charge in [0, 0.05) is 16.0 Å². The first-order valence-corrected chi connectivity index (χ1v) is 9.29. The second-order valence-corrected chi connectivity index (χ2v) is 6.95. The van der Waals surface area contributed by atoms with Crippen LogP contribution in [-0.4, -0.2) is 29.6 Å². The minimum Gasteiger partial charge on any atom is -0.454 e. The third-order valence-electron chi connectivity index (χ3n) is 3.07. The molecule has 0 amide bonds. The van der Waals surface area contributed by atoms with Crippen molar-refractivity contribution in [2.24, 2.45) is 0 Å². The van der Waals surface area contributed by atoms with E-state index in [2.05, 4.69) is 4.98 Å². The molecule has 0 saturated carbocycles. The Kier molecular flexibility index (Phi) is 6.37. The Bertz CT molecular complexity index is 814. The van der Waals surface area contributed by atoms with Gasteiger partial charge in [0.05, 0.1) is 16.7 Å². The predicted molar refractivity (Wildman–Crippen MR) is 93.7 cm³/mol. The fourth-order valence-electron chi connectivity index (χ4n) is 1.86. The molecule has 0 aliphatic carbocycles. The molecule has 0 N–H and O–H groups in total. The van der Waals surface area contributed by atoms with Crippen molar-refractivity contribution in [3.63, 3.8) is 0 Å². The van der Waals surface area contributed by atoms with E-state index in [0.29, 0.717) is 5.01 Å². The standard InChI is InChI=1S/C16H13ClN2O3S2/c1-9-8-24-15(19-9)12(6-18)14(20)7-22-16(21)11-5-10(23-2)3-4-13(11)17/h3-5,8,12H,7H2,1-2H3/t12-/m0/s1. The van der Waals surface area contributed by atoms with Crippen LogP contribution < -0.4 is 0 Å². The number of Topliss-reactive ketones (excluding diaryl/α,β-unsaturated/α-hetero) is 1. The number of carbonyl (C=O) groups is 2. The lowest BCUT2D eigenvalue weighted by Gasteiger charge is -2.08. The molecule has 2 rings (SSSR count).